The number of nitrogens with zero attached hydrogens (tertiary/aromatic N) is 2. The maximum Gasteiger partial charge on any atom is 0.323 e. The number of hydrogen-bond acceptors (Lipinski definition) is 5. The third-order valence-corrected chi connectivity index (χ3v) is 3.50. The second-order valence-electron chi connectivity index (χ2n) is 3.71. The van der Waals surface area contributed by atoms with Gasteiger partial charge in [-0.1, -0.05) is 12.1 Å². The largest absolute Gasteiger partial charge is 0.465 e. The van der Waals surface area contributed by atoms with Crippen LogP contribution in [0.15, 0.2) is 24.3 Å². The summed E-state index contributed by atoms with van der Waals surface area (Å²) in [6, 6.07) is 9.72. The molecule has 2 rings (SSSR count). The molecule has 0 saturated heterocycles. The van der Waals surface area contributed by atoms with E-state index in [-0.39, 0.29) is 6.61 Å². The predicted octanol–water partition coefficient (Wildman–Crippen LogP) is 2.54. The van der Waals surface area contributed by atoms with Crippen molar-refractivity contribution in [3.05, 3.63) is 29.3 Å². The van der Waals surface area contributed by atoms with Gasteiger partial charge in [0, 0.05) is 6.42 Å². The molecule has 0 saturated carbocycles. The lowest BCUT2D eigenvalue weighted by Gasteiger charge is -2.05. The third kappa shape index (κ3) is 2.66. The van der Waals surface area contributed by atoms with Crippen molar-refractivity contribution in [2.45, 2.75) is 13.3 Å². The van der Waals surface area contributed by atoms with Crippen LogP contribution < -0.4 is 0 Å². The molecule has 1 unspecified atom stereocenters. The molecule has 0 radical (unpaired) electrons. The van der Waals surface area contributed by atoms with E-state index in [1.165, 1.54) is 11.3 Å². The lowest BCUT2D eigenvalue weighted by atomic mass is 10.1. The molecule has 0 fully saturated rings. The summed E-state index contributed by atoms with van der Waals surface area (Å²) < 4.78 is 5.92. The fourth-order valence-corrected chi connectivity index (χ4v) is 2.62. The van der Waals surface area contributed by atoms with Crippen molar-refractivity contribution < 1.29 is 9.53 Å². The molecule has 4 nitrogen and oxygen atoms in total. The van der Waals surface area contributed by atoms with E-state index in [0.717, 1.165) is 15.2 Å². The summed E-state index contributed by atoms with van der Waals surface area (Å²) in [6.07, 6.45) is 0.314. The van der Waals surface area contributed by atoms with Gasteiger partial charge >= 0.3 is 5.97 Å². The number of aromatic nitrogens is 1. The monoisotopic (exact) mass is 260 g/mol. The summed E-state index contributed by atoms with van der Waals surface area (Å²) >= 11 is 1.51. The number of carbonyl (C=O) groups excluding carboxylic acids is 1. The molecule has 1 aromatic heterocycles. The van der Waals surface area contributed by atoms with Gasteiger partial charge in [0.25, 0.3) is 0 Å². The molecule has 5 heteroatoms. The zero-order valence-corrected chi connectivity index (χ0v) is 10.7. The van der Waals surface area contributed by atoms with Crippen molar-refractivity contribution in [3.63, 3.8) is 0 Å². The standard InChI is InChI=1S/C13H12N2O2S/c1-2-17-13(16)9(8-14)7-12-15-10-5-3-4-6-11(10)18-12/h3-6,9H,2,7H2,1H3. The van der Waals surface area contributed by atoms with Gasteiger partial charge in [-0.3, -0.25) is 4.79 Å². The van der Waals surface area contributed by atoms with Gasteiger partial charge in [0.05, 0.1) is 27.9 Å². The second kappa shape index (κ2) is 5.61. The molecule has 2 aromatic rings. The summed E-state index contributed by atoms with van der Waals surface area (Å²) in [5, 5.41) is 9.77. The number of para-hydroxylation sites is 1. The Hall–Kier alpha value is -1.93. The molecular formula is C13H12N2O2S. The topological polar surface area (TPSA) is 63.0 Å². The highest BCUT2D eigenvalue weighted by molar-refractivity contribution is 7.18. The van der Waals surface area contributed by atoms with Crippen LogP contribution in [-0.4, -0.2) is 17.6 Å². The minimum atomic E-state index is -0.773. The minimum absolute atomic E-state index is 0.289. The summed E-state index contributed by atoms with van der Waals surface area (Å²) in [4.78, 5) is 15.9. The highest BCUT2D eigenvalue weighted by Crippen LogP contribution is 2.23. The molecule has 1 atom stereocenters. The van der Waals surface area contributed by atoms with Crippen molar-refractivity contribution in [2.24, 2.45) is 5.92 Å². The van der Waals surface area contributed by atoms with Gasteiger partial charge in [-0.2, -0.15) is 5.26 Å². The molecular weight excluding hydrogens is 248 g/mol. The van der Waals surface area contributed by atoms with Crippen LogP contribution in [0.3, 0.4) is 0 Å². The third-order valence-electron chi connectivity index (χ3n) is 2.44. The maximum absolute atomic E-state index is 11.5. The molecule has 0 aliphatic carbocycles. The van der Waals surface area contributed by atoms with E-state index in [9.17, 15) is 4.79 Å². The van der Waals surface area contributed by atoms with Crippen molar-refractivity contribution in [1.29, 1.82) is 5.26 Å². The first-order valence-electron chi connectivity index (χ1n) is 5.65. The average Bonchev–Trinajstić information content (AvgIpc) is 2.78. The van der Waals surface area contributed by atoms with E-state index in [1.54, 1.807) is 6.92 Å². The van der Waals surface area contributed by atoms with E-state index in [4.69, 9.17) is 10.00 Å². The summed E-state index contributed by atoms with van der Waals surface area (Å²) in [7, 11) is 0. The molecule has 0 aliphatic heterocycles. The molecule has 0 N–H and O–H groups in total. The quantitative estimate of drug-likeness (QED) is 0.792. The van der Waals surface area contributed by atoms with E-state index in [1.807, 2.05) is 30.3 Å². The molecule has 1 heterocycles. The van der Waals surface area contributed by atoms with E-state index < -0.39 is 11.9 Å². The highest BCUT2D eigenvalue weighted by Gasteiger charge is 2.21. The smallest absolute Gasteiger partial charge is 0.323 e. The normalized spacial score (nSPS) is 12.0. The lowest BCUT2D eigenvalue weighted by Crippen LogP contribution is -2.18. The van der Waals surface area contributed by atoms with E-state index >= 15 is 0 Å². The summed E-state index contributed by atoms with van der Waals surface area (Å²) in [5.41, 5.74) is 0.901. The molecule has 0 spiro atoms. The van der Waals surface area contributed by atoms with Gasteiger partial charge in [0.15, 0.2) is 0 Å². The van der Waals surface area contributed by atoms with Gasteiger partial charge in [-0.25, -0.2) is 4.98 Å². The number of esters is 1. The average molecular weight is 260 g/mol. The first kappa shape index (κ1) is 12.5. The number of hydrogen-bond donors (Lipinski definition) is 0. The summed E-state index contributed by atoms with van der Waals surface area (Å²) in [5.74, 6) is -1.25. The van der Waals surface area contributed by atoms with Crippen molar-refractivity contribution in [3.8, 4) is 6.07 Å². The van der Waals surface area contributed by atoms with Gasteiger partial charge in [-0.15, -0.1) is 11.3 Å². The van der Waals surface area contributed by atoms with Crippen LogP contribution in [0.5, 0.6) is 0 Å². The van der Waals surface area contributed by atoms with Crippen molar-refractivity contribution in [2.75, 3.05) is 6.61 Å². The Balaban J connectivity index is 2.17. The first-order chi connectivity index (χ1) is 8.74. The minimum Gasteiger partial charge on any atom is -0.465 e. The van der Waals surface area contributed by atoms with Crippen LogP contribution in [0.25, 0.3) is 10.2 Å². The Labute approximate surface area is 109 Å². The Morgan fingerprint density at radius 1 is 1.56 bits per heavy atom. The number of rotatable bonds is 4. The molecule has 0 bridgehead atoms. The van der Waals surface area contributed by atoms with Gasteiger partial charge < -0.3 is 4.74 Å². The Bertz CT molecular complexity index is 567. The number of thiazole rings is 1. The van der Waals surface area contributed by atoms with Crippen LogP contribution >= 0.6 is 11.3 Å². The maximum atomic E-state index is 11.5. The van der Waals surface area contributed by atoms with Crippen LogP contribution in [0.4, 0.5) is 0 Å². The second-order valence-corrected chi connectivity index (χ2v) is 4.83. The zero-order chi connectivity index (χ0) is 13.0. The van der Waals surface area contributed by atoms with Gasteiger partial charge in [0.1, 0.15) is 5.92 Å². The van der Waals surface area contributed by atoms with Crippen LogP contribution in [0.1, 0.15) is 11.9 Å². The van der Waals surface area contributed by atoms with Crippen molar-refractivity contribution >= 4 is 27.5 Å². The lowest BCUT2D eigenvalue weighted by molar-refractivity contribution is -0.145. The van der Waals surface area contributed by atoms with E-state index in [2.05, 4.69) is 4.98 Å². The number of benzene rings is 1. The SMILES string of the molecule is CCOC(=O)C(C#N)Cc1nc2ccccc2s1. The molecule has 0 amide bonds. The summed E-state index contributed by atoms with van der Waals surface area (Å²) in [6.45, 7) is 2.01. The Kier molecular flexibility index (Phi) is 3.90. The molecule has 1 aromatic carbocycles. The van der Waals surface area contributed by atoms with Crippen LogP contribution in [-0.2, 0) is 16.0 Å². The van der Waals surface area contributed by atoms with Crippen LogP contribution in [0, 0.1) is 17.2 Å². The van der Waals surface area contributed by atoms with Gasteiger partial charge in [-0.05, 0) is 19.1 Å². The number of fused-ring (bicyclic) bond motifs is 1. The zero-order valence-electron chi connectivity index (χ0n) is 9.92. The number of nitriles is 1. The molecule has 0 aliphatic rings. The predicted molar refractivity (Wildman–Crippen MR) is 69.1 cm³/mol. The fraction of sp³-hybridized carbons (Fsp3) is 0.308. The first-order valence-corrected chi connectivity index (χ1v) is 6.47. The number of ether oxygens (including phenoxy) is 1. The fourth-order valence-electron chi connectivity index (χ4n) is 1.61. The number of carbonyl (C=O) groups is 1. The van der Waals surface area contributed by atoms with E-state index in [0.29, 0.717) is 6.42 Å². The Morgan fingerprint density at radius 3 is 3.00 bits per heavy atom. The van der Waals surface area contributed by atoms with Gasteiger partial charge in [0.2, 0.25) is 0 Å². The molecule has 92 valence electrons. The Morgan fingerprint density at radius 2 is 2.33 bits per heavy atom. The molecule has 18 heavy (non-hydrogen) atoms. The van der Waals surface area contributed by atoms with Crippen LogP contribution in [0.2, 0.25) is 0 Å². The van der Waals surface area contributed by atoms with Crippen molar-refractivity contribution in [1.82, 2.24) is 4.98 Å². The highest BCUT2D eigenvalue weighted by atomic mass is 32.1.